The average Bonchev–Trinajstić information content (AvgIpc) is 2.23. The minimum atomic E-state index is 0.219. The Morgan fingerprint density at radius 3 is 2.56 bits per heavy atom. The number of halogens is 3. The average molecular weight is 275 g/mol. The van der Waals surface area contributed by atoms with Crippen LogP contribution < -0.4 is 5.73 Å². The van der Waals surface area contributed by atoms with Gasteiger partial charge in [-0.25, -0.2) is 9.97 Å². The predicted octanol–water partition coefficient (Wildman–Crippen LogP) is 3.69. The Hall–Kier alpha value is -1.03. The fourth-order valence-electron chi connectivity index (χ4n) is 1.28. The van der Waals surface area contributed by atoms with E-state index in [1.165, 1.54) is 6.20 Å². The van der Waals surface area contributed by atoms with E-state index in [4.69, 9.17) is 40.5 Å². The topological polar surface area (TPSA) is 51.8 Å². The zero-order chi connectivity index (χ0) is 11.7. The van der Waals surface area contributed by atoms with E-state index in [0.29, 0.717) is 21.3 Å². The molecule has 0 atom stereocenters. The smallest absolute Gasteiger partial charge is 0.151 e. The van der Waals surface area contributed by atoms with Crippen LogP contribution in [0.3, 0.4) is 0 Å². The van der Waals surface area contributed by atoms with E-state index in [1.54, 1.807) is 18.2 Å². The van der Waals surface area contributed by atoms with Gasteiger partial charge < -0.3 is 5.73 Å². The van der Waals surface area contributed by atoms with Crippen LogP contribution in [-0.2, 0) is 0 Å². The van der Waals surface area contributed by atoms with Crippen molar-refractivity contribution in [2.24, 2.45) is 0 Å². The maximum atomic E-state index is 6.05. The molecule has 0 saturated heterocycles. The van der Waals surface area contributed by atoms with Crippen LogP contribution in [0.4, 0.5) is 5.82 Å². The van der Waals surface area contributed by atoms with E-state index in [0.717, 1.165) is 0 Å². The second-order valence-corrected chi connectivity index (χ2v) is 4.20. The molecule has 0 aliphatic heterocycles. The number of rotatable bonds is 1. The maximum Gasteiger partial charge on any atom is 0.151 e. The highest BCUT2D eigenvalue weighted by molar-refractivity contribution is 6.43. The standard InChI is InChI=1S/C10H6Cl3N3/c11-6-3-1-2-5(8(6)13)9-10(14)16-7(12)4-15-9/h1-4H,(H2,14,16). The normalized spacial score (nSPS) is 10.4. The Morgan fingerprint density at radius 2 is 1.88 bits per heavy atom. The van der Waals surface area contributed by atoms with Crippen molar-refractivity contribution in [3.63, 3.8) is 0 Å². The van der Waals surface area contributed by atoms with E-state index in [1.807, 2.05) is 0 Å². The lowest BCUT2D eigenvalue weighted by atomic mass is 10.1. The summed E-state index contributed by atoms with van der Waals surface area (Å²) in [5, 5.41) is 1.07. The van der Waals surface area contributed by atoms with Gasteiger partial charge in [0.15, 0.2) is 5.82 Å². The summed E-state index contributed by atoms with van der Waals surface area (Å²) >= 11 is 17.6. The van der Waals surface area contributed by atoms with Gasteiger partial charge in [0.05, 0.1) is 16.2 Å². The summed E-state index contributed by atoms with van der Waals surface area (Å²) in [6, 6.07) is 5.22. The molecule has 0 unspecified atom stereocenters. The number of benzene rings is 1. The summed E-state index contributed by atoms with van der Waals surface area (Å²) in [6.45, 7) is 0. The summed E-state index contributed by atoms with van der Waals surface area (Å²) in [4.78, 5) is 7.99. The van der Waals surface area contributed by atoms with Crippen molar-refractivity contribution in [3.05, 3.63) is 39.6 Å². The van der Waals surface area contributed by atoms with Crippen molar-refractivity contribution in [3.8, 4) is 11.3 Å². The molecule has 82 valence electrons. The van der Waals surface area contributed by atoms with Crippen LogP contribution in [0.25, 0.3) is 11.3 Å². The molecule has 2 N–H and O–H groups in total. The molecular formula is C10H6Cl3N3. The van der Waals surface area contributed by atoms with Crippen molar-refractivity contribution in [1.29, 1.82) is 0 Å². The number of nitrogens with two attached hydrogens (primary N) is 1. The molecule has 0 fully saturated rings. The molecule has 0 aliphatic rings. The third-order valence-corrected chi connectivity index (χ3v) is 2.98. The van der Waals surface area contributed by atoms with Gasteiger partial charge in [0, 0.05) is 5.56 Å². The summed E-state index contributed by atoms with van der Waals surface area (Å²) in [6.07, 6.45) is 1.41. The van der Waals surface area contributed by atoms with Crippen molar-refractivity contribution in [1.82, 2.24) is 9.97 Å². The highest BCUT2D eigenvalue weighted by Crippen LogP contribution is 2.34. The molecule has 0 saturated carbocycles. The SMILES string of the molecule is Nc1nc(Cl)cnc1-c1cccc(Cl)c1Cl. The summed E-state index contributed by atoms with van der Waals surface area (Å²) < 4.78 is 0. The maximum absolute atomic E-state index is 6.05. The Balaban J connectivity index is 2.63. The van der Waals surface area contributed by atoms with Gasteiger partial charge in [-0.2, -0.15) is 0 Å². The highest BCUT2D eigenvalue weighted by atomic mass is 35.5. The lowest BCUT2D eigenvalue weighted by Crippen LogP contribution is -1.97. The Kier molecular flexibility index (Phi) is 3.19. The predicted molar refractivity (Wildman–Crippen MR) is 66.9 cm³/mol. The lowest BCUT2D eigenvalue weighted by molar-refractivity contribution is 1.22. The molecule has 6 heteroatoms. The molecule has 0 spiro atoms. The third-order valence-electron chi connectivity index (χ3n) is 1.98. The summed E-state index contributed by atoms with van der Waals surface area (Å²) in [5.74, 6) is 0.219. The number of hydrogen-bond donors (Lipinski definition) is 1. The lowest BCUT2D eigenvalue weighted by Gasteiger charge is -2.07. The minimum Gasteiger partial charge on any atom is -0.382 e. The first-order chi connectivity index (χ1) is 7.59. The number of nitrogens with zero attached hydrogens (tertiary/aromatic N) is 2. The van der Waals surface area contributed by atoms with E-state index >= 15 is 0 Å². The molecule has 2 rings (SSSR count). The van der Waals surface area contributed by atoms with Crippen LogP contribution in [0.2, 0.25) is 15.2 Å². The van der Waals surface area contributed by atoms with Crippen molar-refractivity contribution < 1.29 is 0 Å². The molecule has 1 aromatic carbocycles. The fraction of sp³-hybridized carbons (Fsp3) is 0. The van der Waals surface area contributed by atoms with Crippen LogP contribution in [0.1, 0.15) is 0 Å². The second-order valence-electron chi connectivity index (χ2n) is 3.03. The number of nitrogen functional groups attached to an aromatic ring is 1. The molecule has 3 nitrogen and oxygen atoms in total. The van der Waals surface area contributed by atoms with Crippen LogP contribution in [0.5, 0.6) is 0 Å². The molecular weight excluding hydrogens is 268 g/mol. The van der Waals surface area contributed by atoms with Crippen molar-refractivity contribution >= 4 is 40.6 Å². The number of hydrogen-bond acceptors (Lipinski definition) is 3. The Labute approximate surface area is 107 Å². The van der Waals surface area contributed by atoms with E-state index in [9.17, 15) is 0 Å². The van der Waals surface area contributed by atoms with Gasteiger partial charge in [-0.3, -0.25) is 0 Å². The van der Waals surface area contributed by atoms with Gasteiger partial charge in [-0.15, -0.1) is 0 Å². The van der Waals surface area contributed by atoms with Crippen LogP contribution in [-0.4, -0.2) is 9.97 Å². The van der Waals surface area contributed by atoms with Crippen LogP contribution in [0.15, 0.2) is 24.4 Å². The van der Waals surface area contributed by atoms with Crippen LogP contribution in [0, 0.1) is 0 Å². The molecule has 16 heavy (non-hydrogen) atoms. The largest absolute Gasteiger partial charge is 0.382 e. The summed E-state index contributed by atoms with van der Waals surface area (Å²) in [5.41, 5.74) is 6.82. The second kappa shape index (κ2) is 4.45. The molecule has 0 aliphatic carbocycles. The molecule has 0 radical (unpaired) electrons. The molecule has 2 aromatic rings. The van der Waals surface area contributed by atoms with E-state index in [-0.39, 0.29) is 11.0 Å². The monoisotopic (exact) mass is 273 g/mol. The first-order valence-electron chi connectivity index (χ1n) is 4.32. The quantitative estimate of drug-likeness (QED) is 0.863. The van der Waals surface area contributed by atoms with Gasteiger partial charge >= 0.3 is 0 Å². The van der Waals surface area contributed by atoms with Gasteiger partial charge in [-0.05, 0) is 6.07 Å². The first kappa shape index (κ1) is 11.5. The van der Waals surface area contributed by atoms with Gasteiger partial charge in [-0.1, -0.05) is 46.9 Å². The van der Waals surface area contributed by atoms with Gasteiger partial charge in [0.25, 0.3) is 0 Å². The van der Waals surface area contributed by atoms with E-state index in [2.05, 4.69) is 9.97 Å². The highest BCUT2D eigenvalue weighted by Gasteiger charge is 2.12. The zero-order valence-electron chi connectivity index (χ0n) is 7.92. The summed E-state index contributed by atoms with van der Waals surface area (Å²) in [7, 11) is 0. The fourth-order valence-corrected chi connectivity index (χ4v) is 1.80. The van der Waals surface area contributed by atoms with Gasteiger partial charge in [0.2, 0.25) is 0 Å². The van der Waals surface area contributed by atoms with Crippen molar-refractivity contribution in [2.75, 3.05) is 5.73 Å². The molecule has 0 amide bonds. The van der Waals surface area contributed by atoms with Crippen molar-refractivity contribution in [2.45, 2.75) is 0 Å². The minimum absolute atomic E-state index is 0.219. The first-order valence-corrected chi connectivity index (χ1v) is 5.45. The third kappa shape index (κ3) is 2.07. The Morgan fingerprint density at radius 1 is 1.12 bits per heavy atom. The number of anilines is 1. The molecule has 1 aromatic heterocycles. The Bertz CT molecular complexity index is 543. The molecule has 1 heterocycles. The zero-order valence-corrected chi connectivity index (χ0v) is 10.2. The van der Waals surface area contributed by atoms with E-state index < -0.39 is 0 Å². The van der Waals surface area contributed by atoms with Crippen LogP contribution >= 0.6 is 34.8 Å². The number of aromatic nitrogens is 2. The van der Waals surface area contributed by atoms with Gasteiger partial charge in [0.1, 0.15) is 10.8 Å². The molecule has 0 bridgehead atoms.